The molecule has 2 amide bonds. The van der Waals surface area contributed by atoms with E-state index in [0.29, 0.717) is 30.8 Å². The molecule has 1 saturated heterocycles. The topological polar surface area (TPSA) is 151 Å². The summed E-state index contributed by atoms with van der Waals surface area (Å²) >= 11 is 1.59. The first-order valence-corrected chi connectivity index (χ1v) is 14.5. The average molecular weight is 617 g/mol. The maximum atomic E-state index is 13.2. The van der Waals surface area contributed by atoms with Crippen molar-refractivity contribution in [3.8, 4) is 0 Å². The third-order valence-corrected chi connectivity index (χ3v) is 6.93. The zero-order valence-corrected chi connectivity index (χ0v) is 24.1. The Morgan fingerprint density at radius 2 is 1.93 bits per heavy atom. The van der Waals surface area contributed by atoms with Crippen LogP contribution in [0.2, 0.25) is 0 Å². The molecule has 1 fully saturated rings. The fourth-order valence-electron chi connectivity index (χ4n) is 4.16. The van der Waals surface area contributed by atoms with Gasteiger partial charge in [0.05, 0.1) is 38.2 Å². The summed E-state index contributed by atoms with van der Waals surface area (Å²) in [4.78, 5) is 56.0. The summed E-state index contributed by atoms with van der Waals surface area (Å²) in [7, 11) is 1.31. The number of methoxy groups -OCH3 is 1. The number of carbonyl (C=O) groups is 4. The number of rotatable bonds is 13. The first-order chi connectivity index (χ1) is 20.0. The van der Waals surface area contributed by atoms with Crippen LogP contribution in [-0.2, 0) is 41.5 Å². The summed E-state index contributed by atoms with van der Waals surface area (Å²) in [6, 6.07) is 8.75. The van der Waals surface area contributed by atoms with Crippen molar-refractivity contribution in [2.45, 2.75) is 56.5 Å². The van der Waals surface area contributed by atoms with E-state index in [9.17, 15) is 27.6 Å². The molecule has 1 aliphatic rings. The number of halogens is 3. The van der Waals surface area contributed by atoms with Crippen LogP contribution in [0.3, 0.4) is 0 Å². The minimum absolute atomic E-state index is 0.00455. The molecule has 0 saturated carbocycles. The number of imidazole rings is 1. The van der Waals surface area contributed by atoms with Crippen molar-refractivity contribution in [1.29, 1.82) is 0 Å². The molecule has 3 N–H and O–H groups in total. The zero-order chi connectivity index (χ0) is 31.1. The summed E-state index contributed by atoms with van der Waals surface area (Å²) < 4.78 is 42.8. The fourth-order valence-corrected chi connectivity index (χ4v) is 4.63. The molecule has 1 unspecified atom stereocenters. The van der Waals surface area contributed by atoms with E-state index in [-0.39, 0.29) is 30.9 Å². The Labute approximate surface area is 245 Å². The monoisotopic (exact) mass is 616 g/mol. The summed E-state index contributed by atoms with van der Waals surface area (Å²) in [6.45, 7) is 0.900. The van der Waals surface area contributed by atoms with E-state index in [2.05, 4.69) is 15.3 Å². The Bertz CT molecular complexity index is 1140. The minimum Gasteiger partial charge on any atom is -0.475 e. The maximum absolute atomic E-state index is 13.2. The SMILES string of the molecule is COC(=O)[C@H](CCSC)NC(=O)C(Cc1ccccc1)OC[C@@H]1CCCN1C(=O)Cc1c[nH]cn1.O=C(O)C(F)(F)F. The van der Waals surface area contributed by atoms with Gasteiger partial charge >= 0.3 is 18.1 Å². The lowest BCUT2D eigenvalue weighted by Crippen LogP contribution is -2.48. The van der Waals surface area contributed by atoms with Gasteiger partial charge in [-0.2, -0.15) is 24.9 Å². The third-order valence-electron chi connectivity index (χ3n) is 6.29. The third kappa shape index (κ3) is 11.7. The highest BCUT2D eigenvalue weighted by Crippen LogP contribution is 2.20. The van der Waals surface area contributed by atoms with Gasteiger partial charge in [0.15, 0.2) is 0 Å². The van der Waals surface area contributed by atoms with Crippen LogP contribution in [0.25, 0.3) is 0 Å². The van der Waals surface area contributed by atoms with Crippen LogP contribution in [0.1, 0.15) is 30.5 Å². The van der Waals surface area contributed by atoms with Crippen molar-refractivity contribution in [3.63, 3.8) is 0 Å². The molecule has 3 atom stereocenters. The molecule has 15 heteroatoms. The number of nitrogens with one attached hydrogen (secondary N) is 2. The van der Waals surface area contributed by atoms with E-state index in [1.54, 1.807) is 24.3 Å². The van der Waals surface area contributed by atoms with Crippen LogP contribution >= 0.6 is 11.8 Å². The van der Waals surface area contributed by atoms with Crippen molar-refractivity contribution in [2.75, 3.05) is 32.3 Å². The van der Waals surface area contributed by atoms with Gasteiger partial charge in [-0.1, -0.05) is 30.3 Å². The molecule has 0 aliphatic carbocycles. The van der Waals surface area contributed by atoms with Gasteiger partial charge in [-0.05, 0) is 36.8 Å². The van der Waals surface area contributed by atoms with Gasteiger partial charge in [-0.3, -0.25) is 9.59 Å². The Morgan fingerprint density at radius 3 is 2.50 bits per heavy atom. The van der Waals surface area contributed by atoms with E-state index in [4.69, 9.17) is 19.4 Å². The van der Waals surface area contributed by atoms with Crippen LogP contribution in [0.15, 0.2) is 42.9 Å². The van der Waals surface area contributed by atoms with Gasteiger partial charge in [0.1, 0.15) is 12.1 Å². The molecular weight excluding hydrogens is 581 g/mol. The highest BCUT2D eigenvalue weighted by atomic mass is 32.2. The smallest absolute Gasteiger partial charge is 0.475 e. The number of ether oxygens (including phenoxy) is 2. The van der Waals surface area contributed by atoms with E-state index >= 15 is 0 Å². The van der Waals surface area contributed by atoms with Crippen LogP contribution in [0, 0.1) is 0 Å². The number of alkyl halides is 3. The number of thioether (sulfide) groups is 1. The van der Waals surface area contributed by atoms with Crippen LogP contribution in [0.5, 0.6) is 0 Å². The van der Waals surface area contributed by atoms with Gasteiger partial charge in [-0.15, -0.1) is 0 Å². The number of benzene rings is 1. The van der Waals surface area contributed by atoms with Crippen molar-refractivity contribution >= 4 is 35.5 Å². The molecule has 0 spiro atoms. The standard InChI is InChI=1S/C25H34N4O5S.C2HF3O2/c1-33-25(32)21(10-12-35-2)28-24(31)22(13-18-7-4-3-5-8-18)34-16-20-9-6-11-29(20)23(30)14-19-15-26-17-27-19;3-2(4,5)1(6)7/h3-5,7-8,15,17,20-22H,6,9-14,16H2,1-2H3,(H,26,27)(H,28,31);(H,6,7)/t20-,21-,22?;/m0./s1. The summed E-state index contributed by atoms with van der Waals surface area (Å²) in [5, 5.41) is 9.94. The van der Waals surface area contributed by atoms with Crippen molar-refractivity contribution in [2.24, 2.45) is 0 Å². The molecule has 2 aromatic rings. The van der Waals surface area contributed by atoms with E-state index in [1.165, 1.54) is 7.11 Å². The van der Waals surface area contributed by atoms with Gasteiger partial charge in [0, 0.05) is 19.2 Å². The van der Waals surface area contributed by atoms with Gasteiger partial charge in [0.2, 0.25) is 11.8 Å². The largest absolute Gasteiger partial charge is 0.490 e. The van der Waals surface area contributed by atoms with Crippen LogP contribution < -0.4 is 5.32 Å². The van der Waals surface area contributed by atoms with E-state index < -0.39 is 30.3 Å². The second-order valence-electron chi connectivity index (χ2n) is 9.30. The second-order valence-corrected chi connectivity index (χ2v) is 10.3. The molecule has 0 bridgehead atoms. The second kappa shape index (κ2) is 17.4. The molecule has 3 rings (SSSR count). The predicted molar refractivity (Wildman–Crippen MR) is 148 cm³/mol. The van der Waals surface area contributed by atoms with E-state index in [0.717, 1.165) is 18.4 Å². The lowest BCUT2D eigenvalue weighted by molar-refractivity contribution is -0.192. The molecule has 42 heavy (non-hydrogen) atoms. The Balaban J connectivity index is 0.000000782. The number of nitrogens with zero attached hydrogens (tertiary/aromatic N) is 2. The summed E-state index contributed by atoms with van der Waals surface area (Å²) in [5.41, 5.74) is 1.64. The predicted octanol–water partition coefficient (Wildman–Crippen LogP) is 2.62. The lowest BCUT2D eigenvalue weighted by atomic mass is 10.1. The number of hydrogen-bond acceptors (Lipinski definition) is 8. The first kappa shape index (κ1) is 34.6. The fraction of sp³-hybridized carbons (Fsp3) is 0.519. The molecule has 0 radical (unpaired) electrons. The Hall–Kier alpha value is -3.59. The number of carboxylic acid groups (broad SMARTS) is 1. The van der Waals surface area contributed by atoms with Gasteiger partial charge < -0.3 is 29.8 Å². The number of carboxylic acids is 1. The number of H-pyrrole nitrogens is 1. The molecule has 11 nitrogen and oxygen atoms in total. The Kier molecular flexibility index (Phi) is 14.3. The van der Waals surface area contributed by atoms with Crippen molar-refractivity contribution < 1.29 is 46.9 Å². The number of aromatic nitrogens is 2. The van der Waals surface area contributed by atoms with Crippen LogP contribution in [0.4, 0.5) is 13.2 Å². The van der Waals surface area contributed by atoms with Crippen molar-refractivity contribution in [1.82, 2.24) is 20.2 Å². The van der Waals surface area contributed by atoms with Gasteiger partial charge in [-0.25, -0.2) is 14.6 Å². The highest BCUT2D eigenvalue weighted by Gasteiger charge is 2.38. The molecule has 1 aliphatic heterocycles. The molecule has 2 heterocycles. The quantitative estimate of drug-likeness (QED) is 0.289. The minimum atomic E-state index is -5.08. The number of aromatic amines is 1. The first-order valence-electron chi connectivity index (χ1n) is 13.1. The molecule has 1 aromatic carbocycles. The number of hydrogen-bond donors (Lipinski definition) is 3. The maximum Gasteiger partial charge on any atom is 0.490 e. The Morgan fingerprint density at radius 1 is 1.24 bits per heavy atom. The summed E-state index contributed by atoms with van der Waals surface area (Å²) in [5.74, 6) is -2.89. The van der Waals surface area contributed by atoms with E-state index in [1.807, 2.05) is 41.5 Å². The number of aliphatic carboxylic acids is 1. The number of esters is 1. The van der Waals surface area contributed by atoms with Gasteiger partial charge in [0.25, 0.3) is 0 Å². The molecular formula is C27H35F3N4O7S. The van der Waals surface area contributed by atoms with Crippen LogP contribution in [-0.4, -0.2) is 100 Å². The summed E-state index contributed by atoms with van der Waals surface area (Å²) in [6.07, 6.45) is 2.08. The molecule has 1 aromatic heterocycles. The number of amides is 2. The highest BCUT2D eigenvalue weighted by molar-refractivity contribution is 7.98. The number of carbonyl (C=O) groups excluding carboxylic acids is 3. The average Bonchev–Trinajstić information content (AvgIpc) is 3.65. The number of likely N-dealkylation sites (tertiary alicyclic amines) is 1. The lowest BCUT2D eigenvalue weighted by Gasteiger charge is -2.27. The van der Waals surface area contributed by atoms with Crippen molar-refractivity contribution in [3.05, 3.63) is 54.1 Å². The molecule has 232 valence electrons. The zero-order valence-electron chi connectivity index (χ0n) is 23.3. The normalized spacial score (nSPS) is 16.1.